The Hall–Kier alpha value is -2.11. The molecule has 0 aliphatic heterocycles. The lowest BCUT2D eigenvalue weighted by Gasteiger charge is -2.11. The first-order valence-electron chi connectivity index (χ1n) is 6.11. The van der Waals surface area contributed by atoms with Crippen molar-refractivity contribution in [3.63, 3.8) is 0 Å². The third-order valence-corrected chi connectivity index (χ3v) is 3.19. The van der Waals surface area contributed by atoms with E-state index in [1.54, 1.807) is 18.2 Å². The maximum absolute atomic E-state index is 11.6. The van der Waals surface area contributed by atoms with Gasteiger partial charge >= 0.3 is 5.97 Å². The van der Waals surface area contributed by atoms with Crippen molar-refractivity contribution in [2.24, 2.45) is 0 Å². The molecule has 2 rings (SSSR count). The number of methoxy groups -OCH3 is 1. The second-order valence-corrected chi connectivity index (χ2v) is 4.95. The Labute approximate surface area is 133 Å². The van der Waals surface area contributed by atoms with E-state index < -0.39 is 5.97 Å². The summed E-state index contributed by atoms with van der Waals surface area (Å²) < 4.78 is 4.67. The van der Waals surface area contributed by atoms with Crippen molar-refractivity contribution < 1.29 is 9.53 Å². The molecular weight excluding hydrogens is 308 g/mol. The fourth-order valence-corrected chi connectivity index (χ4v) is 2.11. The molecule has 0 atom stereocenters. The molecule has 0 heterocycles. The number of rotatable bonds is 3. The maximum atomic E-state index is 11.6. The summed E-state index contributed by atoms with van der Waals surface area (Å²) >= 11 is 11.2. The van der Waals surface area contributed by atoms with Crippen molar-refractivity contribution in [3.05, 3.63) is 59.1 Å². The summed E-state index contributed by atoms with van der Waals surface area (Å²) in [6.45, 7) is 0. The third kappa shape index (κ3) is 4.18. The normalized spacial score (nSPS) is 9.81. The number of carbonyl (C=O) groups excluding carboxylic acids is 1. The number of hydrogen-bond donors (Lipinski definition) is 2. The highest BCUT2D eigenvalue weighted by Crippen LogP contribution is 2.21. The van der Waals surface area contributed by atoms with E-state index in [0.717, 1.165) is 5.69 Å². The Morgan fingerprint density at radius 3 is 2.43 bits per heavy atom. The lowest BCUT2D eigenvalue weighted by Crippen LogP contribution is -2.19. The van der Waals surface area contributed by atoms with Gasteiger partial charge in [0.1, 0.15) is 0 Å². The molecule has 2 N–H and O–H groups in total. The van der Waals surface area contributed by atoms with Gasteiger partial charge in [0.05, 0.1) is 17.7 Å². The molecule has 0 bridgehead atoms. The van der Waals surface area contributed by atoms with Crippen LogP contribution in [0.25, 0.3) is 0 Å². The number of halogens is 1. The summed E-state index contributed by atoms with van der Waals surface area (Å²) in [6, 6.07) is 14.5. The van der Waals surface area contributed by atoms with Gasteiger partial charge in [-0.1, -0.05) is 29.8 Å². The van der Waals surface area contributed by atoms with E-state index in [0.29, 0.717) is 15.8 Å². The molecule has 4 nitrogen and oxygen atoms in total. The molecule has 0 unspecified atom stereocenters. The zero-order valence-corrected chi connectivity index (χ0v) is 12.8. The molecule has 0 aromatic heterocycles. The Bertz CT molecular complexity index is 662. The monoisotopic (exact) mass is 320 g/mol. The summed E-state index contributed by atoms with van der Waals surface area (Å²) in [6.07, 6.45) is 0. The molecule has 0 aliphatic carbocycles. The molecule has 108 valence electrons. The van der Waals surface area contributed by atoms with E-state index >= 15 is 0 Å². The average molecular weight is 321 g/mol. The number of anilines is 2. The largest absolute Gasteiger partial charge is 0.465 e. The van der Waals surface area contributed by atoms with Crippen molar-refractivity contribution in [2.45, 2.75) is 0 Å². The van der Waals surface area contributed by atoms with Crippen molar-refractivity contribution in [1.29, 1.82) is 0 Å². The Kier molecular flexibility index (Phi) is 5.14. The van der Waals surface area contributed by atoms with Gasteiger partial charge in [-0.2, -0.15) is 0 Å². The molecule has 21 heavy (non-hydrogen) atoms. The first-order chi connectivity index (χ1) is 10.1. The van der Waals surface area contributed by atoms with Crippen LogP contribution in [-0.4, -0.2) is 18.2 Å². The third-order valence-electron chi connectivity index (χ3n) is 2.66. The Morgan fingerprint density at radius 2 is 1.76 bits per heavy atom. The van der Waals surface area contributed by atoms with Crippen LogP contribution in [0.4, 0.5) is 11.4 Å². The highest BCUT2D eigenvalue weighted by molar-refractivity contribution is 7.80. The molecule has 0 spiro atoms. The smallest absolute Gasteiger partial charge is 0.339 e. The SMILES string of the molecule is COC(=O)c1cc(NC(=S)Nc2ccccc2)ccc1Cl. The number of nitrogens with one attached hydrogen (secondary N) is 2. The van der Waals surface area contributed by atoms with Crippen LogP contribution in [0, 0.1) is 0 Å². The highest BCUT2D eigenvalue weighted by Gasteiger charge is 2.11. The van der Waals surface area contributed by atoms with Gasteiger partial charge in [-0.25, -0.2) is 4.79 Å². The fourth-order valence-electron chi connectivity index (χ4n) is 1.68. The van der Waals surface area contributed by atoms with Crippen molar-refractivity contribution in [2.75, 3.05) is 17.7 Å². The van der Waals surface area contributed by atoms with Gasteiger partial charge in [-0.15, -0.1) is 0 Å². The summed E-state index contributed by atoms with van der Waals surface area (Å²) in [5.41, 5.74) is 1.80. The van der Waals surface area contributed by atoms with Crippen LogP contribution >= 0.6 is 23.8 Å². The maximum Gasteiger partial charge on any atom is 0.339 e. The molecule has 0 radical (unpaired) electrons. The van der Waals surface area contributed by atoms with Crippen LogP contribution in [0.15, 0.2) is 48.5 Å². The van der Waals surface area contributed by atoms with Gasteiger partial charge in [0, 0.05) is 11.4 Å². The van der Waals surface area contributed by atoms with Crippen molar-refractivity contribution in [3.8, 4) is 0 Å². The Morgan fingerprint density at radius 1 is 1.10 bits per heavy atom. The number of esters is 1. The van der Waals surface area contributed by atoms with Crippen LogP contribution in [0.2, 0.25) is 5.02 Å². The van der Waals surface area contributed by atoms with Crippen LogP contribution in [0.3, 0.4) is 0 Å². The predicted molar refractivity (Wildman–Crippen MR) is 89.1 cm³/mol. The van der Waals surface area contributed by atoms with Gasteiger partial charge in [0.15, 0.2) is 5.11 Å². The van der Waals surface area contributed by atoms with Gasteiger partial charge in [0.25, 0.3) is 0 Å². The number of benzene rings is 2. The average Bonchev–Trinajstić information content (AvgIpc) is 2.49. The second-order valence-electron chi connectivity index (χ2n) is 4.13. The van der Waals surface area contributed by atoms with Crippen molar-refractivity contribution >= 4 is 46.3 Å². The minimum Gasteiger partial charge on any atom is -0.465 e. The molecule has 0 saturated carbocycles. The fraction of sp³-hybridized carbons (Fsp3) is 0.0667. The molecule has 2 aromatic carbocycles. The van der Waals surface area contributed by atoms with Gasteiger partial charge in [0.2, 0.25) is 0 Å². The molecule has 0 aliphatic rings. The van der Waals surface area contributed by atoms with Gasteiger partial charge < -0.3 is 15.4 Å². The number of carbonyl (C=O) groups is 1. The van der Waals surface area contributed by atoms with Crippen molar-refractivity contribution in [1.82, 2.24) is 0 Å². The number of thiocarbonyl (C=S) groups is 1. The van der Waals surface area contributed by atoms with Crippen LogP contribution in [-0.2, 0) is 4.74 Å². The molecule has 0 saturated heterocycles. The van der Waals surface area contributed by atoms with Crippen LogP contribution < -0.4 is 10.6 Å². The van der Waals surface area contributed by atoms with E-state index in [9.17, 15) is 4.79 Å². The number of ether oxygens (including phenoxy) is 1. The highest BCUT2D eigenvalue weighted by atomic mass is 35.5. The van der Waals surface area contributed by atoms with Gasteiger partial charge in [-0.3, -0.25) is 0 Å². The van der Waals surface area contributed by atoms with E-state index in [1.165, 1.54) is 7.11 Å². The summed E-state index contributed by atoms with van der Waals surface area (Å²) in [4.78, 5) is 11.6. The topological polar surface area (TPSA) is 50.4 Å². The molecule has 6 heteroatoms. The van der Waals surface area contributed by atoms with Gasteiger partial charge in [-0.05, 0) is 42.5 Å². The zero-order valence-electron chi connectivity index (χ0n) is 11.2. The summed E-state index contributed by atoms with van der Waals surface area (Å²) in [5, 5.41) is 6.77. The minimum atomic E-state index is -0.495. The van der Waals surface area contributed by atoms with E-state index in [-0.39, 0.29) is 5.56 Å². The minimum absolute atomic E-state index is 0.284. The predicted octanol–water partition coefficient (Wildman–Crippen LogP) is 3.94. The number of hydrogen-bond acceptors (Lipinski definition) is 3. The first-order valence-corrected chi connectivity index (χ1v) is 6.89. The molecular formula is C15H13ClN2O2S. The van der Waals surface area contributed by atoms with E-state index in [2.05, 4.69) is 15.4 Å². The Balaban J connectivity index is 2.09. The summed E-state index contributed by atoms with van der Waals surface area (Å²) in [7, 11) is 1.31. The lowest BCUT2D eigenvalue weighted by atomic mass is 10.2. The quantitative estimate of drug-likeness (QED) is 0.663. The second kappa shape index (κ2) is 7.06. The summed E-state index contributed by atoms with van der Waals surface area (Å²) in [5.74, 6) is -0.495. The molecule has 2 aromatic rings. The number of para-hydroxylation sites is 1. The molecule has 0 amide bonds. The van der Waals surface area contributed by atoms with E-state index in [1.807, 2.05) is 30.3 Å². The first kappa shape index (κ1) is 15.3. The van der Waals surface area contributed by atoms with Crippen LogP contribution in [0.5, 0.6) is 0 Å². The molecule has 0 fully saturated rings. The zero-order chi connectivity index (χ0) is 15.2. The standard InChI is InChI=1S/C15H13ClN2O2S/c1-20-14(19)12-9-11(7-8-13(12)16)18-15(21)17-10-5-3-2-4-6-10/h2-9H,1H3,(H2,17,18,21). The lowest BCUT2D eigenvalue weighted by molar-refractivity contribution is 0.0601. The van der Waals surface area contributed by atoms with E-state index in [4.69, 9.17) is 23.8 Å². The van der Waals surface area contributed by atoms with Crippen LogP contribution in [0.1, 0.15) is 10.4 Å².